The SMILES string of the molecule is CCC(CCO)(C1=CC=CC1)c1cccc2c1Cc1ccccc1-2.[Cl-].[Cl-].[Zr+2]. The van der Waals surface area contributed by atoms with E-state index in [9.17, 15) is 5.11 Å². The maximum Gasteiger partial charge on any atom is 2.00 e. The number of allylic oxidation sites excluding steroid dienone is 4. The normalized spacial score (nSPS) is 15.4. The maximum absolute atomic E-state index is 9.83. The quantitative estimate of drug-likeness (QED) is 0.508. The molecule has 0 bridgehead atoms. The van der Waals surface area contributed by atoms with Crippen molar-refractivity contribution in [1.29, 1.82) is 0 Å². The Kier molecular flexibility index (Phi) is 9.22. The van der Waals surface area contributed by atoms with E-state index < -0.39 is 0 Å². The zero-order chi connectivity index (χ0) is 16.6. The molecule has 0 spiro atoms. The van der Waals surface area contributed by atoms with E-state index in [0.717, 1.165) is 25.7 Å². The first-order valence-corrected chi connectivity index (χ1v) is 8.98. The van der Waals surface area contributed by atoms with E-state index in [1.54, 1.807) is 0 Å². The molecule has 1 nitrogen and oxygen atoms in total. The van der Waals surface area contributed by atoms with Crippen LogP contribution in [0.25, 0.3) is 11.1 Å². The van der Waals surface area contributed by atoms with Crippen LogP contribution < -0.4 is 24.8 Å². The summed E-state index contributed by atoms with van der Waals surface area (Å²) in [5.74, 6) is 0. The van der Waals surface area contributed by atoms with Crippen LogP contribution in [0, 0.1) is 0 Å². The van der Waals surface area contributed by atoms with Gasteiger partial charge >= 0.3 is 26.2 Å². The molecule has 0 saturated heterocycles. The Labute approximate surface area is 193 Å². The van der Waals surface area contributed by atoms with Gasteiger partial charge in [0.15, 0.2) is 0 Å². The molecule has 0 heterocycles. The monoisotopic (exact) mass is 476 g/mol. The van der Waals surface area contributed by atoms with Crippen molar-refractivity contribution < 1.29 is 56.1 Å². The number of aliphatic hydroxyl groups is 1. The van der Waals surface area contributed by atoms with Gasteiger partial charge in [-0.2, -0.15) is 0 Å². The molecule has 1 atom stereocenters. The van der Waals surface area contributed by atoms with Gasteiger partial charge in [-0.1, -0.05) is 73.2 Å². The van der Waals surface area contributed by atoms with E-state index in [-0.39, 0.29) is 63.0 Å². The zero-order valence-electron chi connectivity index (χ0n) is 15.5. The summed E-state index contributed by atoms with van der Waals surface area (Å²) < 4.78 is 0. The third-order valence-electron chi connectivity index (χ3n) is 5.89. The van der Waals surface area contributed by atoms with E-state index in [0.29, 0.717) is 0 Å². The molecule has 0 aromatic heterocycles. The molecule has 4 heteroatoms. The van der Waals surface area contributed by atoms with Gasteiger partial charge in [0.25, 0.3) is 0 Å². The molecule has 1 unspecified atom stereocenters. The first kappa shape index (κ1) is 24.4. The average Bonchev–Trinajstić information content (AvgIpc) is 3.27. The van der Waals surface area contributed by atoms with Gasteiger partial charge in [-0.15, -0.1) is 0 Å². The van der Waals surface area contributed by atoms with Crippen LogP contribution >= 0.6 is 0 Å². The molecule has 0 radical (unpaired) electrons. The topological polar surface area (TPSA) is 20.2 Å². The smallest absolute Gasteiger partial charge is 1.00 e. The second-order valence-electron chi connectivity index (χ2n) is 6.90. The van der Waals surface area contributed by atoms with Crippen LogP contribution in [0.3, 0.4) is 0 Å². The molecule has 2 aromatic rings. The van der Waals surface area contributed by atoms with Crippen LogP contribution in [-0.4, -0.2) is 11.7 Å². The molecular formula is C23H24Cl2OZr. The second kappa shape index (κ2) is 10.2. The minimum Gasteiger partial charge on any atom is -1.00 e. The molecule has 2 aliphatic carbocycles. The average molecular weight is 479 g/mol. The Morgan fingerprint density at radius 2 is 1.74 bits per heavy atom. The summed E-state index contributed by atoms with van der Waals surface area (Å²) in [6.07, 6.45) is 10.5. The van der Waals surface area contributed by atoms with Crippen molar-refractivity contribution in [2.75, 3.05) is 6.61 Å². The molecule has 4 rings (SSSR count). The number of fused-ring (bicyclic) bond motifs is 3. The van der Waals surface area contributed by atoms with E-state index in [1.807, 2.05) is 0 Å². The third-order valence-corrected chi connectivity index (χ3v) is 5.89. The van der Waals surface area contributed by atoms with Gasteiger partial charge in [0.05, 0.1) is 0 Å². The summed E-state index contributed by atoms with van der Waals surface area (Å²) in [6.45, 7) is 2.48. The third kappa shape index (κ3) is 4.06. The Morgan fingerprint density at radius 3 is 2.41 bits per heavy atom. The number of aliphatic hydroxyl groups excluding tert-OH is 1. The minimum absolute atomic E-state index is 0. The Bertz CT molecular complexity index is 844. The Morgan fingerprint density at radius 1 is 1.00 bits per heavy atom. The van der Waals surface area contributed by atoms with Crippen LogP contribution in [0.2, 0.25) is 0 Å². The van der Waals surface area contributed by atoms with E-state index >= 15 is 0 Å². The number of hydrogen-bond donors (Lipinski definition) is 1. The van der Waals surface area contributed by atoms with Gasteiger partial charge in [-0.3, -0.25) is 0 Å². The molecule has 0 aliphatic heterocycles. The van der Waals surface area contributed by atoms with E-state index in [4.69, 9.17) is 0 Å². The van der Waals surface area contributed by atoms with Gasteiger partial charge in [-0.25, -0.2) is 0 Å². The second-order valence-corrected chi connectivity index (χ2v) is 6.90. The van der Waals surface area contributed by atoms with Gasteiger partial charge in [0, 0.05) is 12.0 Å². The maximum atomic E-state index is 9.83. The van der Waals surface area contributed by atoms with Gasteiger partial charge < -0.3 is 29.9 Å². The Hall–Kier alpha value is -0.657. The predicted molar refractivity (Wildman–Crippen MR) is 100 cm³/mol. The van der Waals surface area contributed by atoms with Gasteiger partial charge in [0.1, 0.15) is 0 Å². The summed E-state index contributed by atoms with van der Waals surface area (Å²) in [5, 5.41) is 9.83. The summed E-state index contributed by atoms with van der Waals surface area (Å²) >= 11 is 0. The molecule has 0 fully saturated rings. The van der Waals surface area contributed by atoms with Crippen LogP contribution in [0.5, 0.6) is 0 Å². The van der Waals surface area contributed by atoms with Crippen molar-refractivity contribution >= 4 is 0 Å². The molecule has 2 aliphatic rings. The molecule has 2 aromatic carbocycles. The molecule has 27 heavy (non-hydrogen) atoms. The van der Waals surface area contributed by atoms with Crippen molar-refractivity contribution in [3.63, 3.8) is 0 Å². The minimum atomic E-state index is -0.0500. The molecule has 0 amide bonds. The first-order chi connectivity index (χ1) is 11.8. The predicted octanol–water partition coefficient (Wildman–Crippen LogP) is -0.820. The molecule has 1 N–H and O–H groups in total. The van der Waals surface area contributed by atoms with Gasteiger partial charge in [0.2, 0.25) is 0 Å². The Balaban J connectivity index is 0.00000121. The zero-order valence-corrected chi connectivity index (χ0v) is 19.5. The summed E-state index contributed by atoms with van der Waals surface area (Å²) in [7, 11) is 0. The van der Waals surface area contributed by atoms with Crippen LogP contribution in [-0.2, 0) is 38.0 Å². The fraction of sp³-hybridized carbons (Fsp3) is 0.304. The number of hydrogen-bond acceptors (Lipinski definition) is 1. The van der Waals surface area contributed by atoms with Crippen molar-refractivity contribution in [3.8, 4) is 11.1 Å². The molecule has 0 saturated carbocycles. The van der Waals surface area contributed by atoms with Crippen LogP contribution in [0.1, 0.15) is 42.9 Å². The first-order valence-electron chi connectivity index (χ1n) is 8.98. The van der Waals surface area contributed by atoms with Gasteiger partial charge in [-0.05, 0) is 53.5 Å². The number of benzene rings is 2. The van der Waals surface area contributed by atoms with Crippen LogP contribution in [0.15, 0.2) is 66.3 Å². The largest absolute Gasteiger partial charge is 2.00 e. The number of halogens is 2. The van der Waals surface area contributed by atoms with Crippen molar-refractivity contribution in [2.45, 2.75) is 38.0 Å². The summed E-state index contributed by atoms with van der Waals surface area (Å²) in [6, 6.07) is 15.5. The van der Waals surface area contributed by atoms with Crippen molar-refractivity contribution in [3.05, 3.63) is 83.0 Å². The van der Waals surface area contributed by atoms with Crippen molar-refractivity contribution in [2.24, 2.45) is 0 Å². The summed E-state index contributed by atoms with van der Waals surface area (Å²) in [5.41, 5.74) is 8.46. The van der Waals surface area contributed by atoms with E-state index in [1.165, 1.54) is 33.4 Å². The fourth-order valence-electron chi connectivity index (χ4n) is 4.66. The van der Waals surface area contributed by atoms with Crippen molar-refractivity contribution in [1.82, 2.24) is 0 Å². The standard InChI is InChI=1S/C23H24O.2ClH.Zr/c1-2-23(14-15-24,18-9-4-5-10-18)22-13-7-12-20-19-11-6-3-8-17(19)16-21(20)22;;;/h3-9,11-13,24H,2,10,14-16H2,1H3;2*1H;/q;;;+2/p-2. The van der Waals surface area contributed by atoms with Crippen LogP contribution in [0.4, 0.5) is 0 Å². The number of rotatable bonds is 5. The fourth-order valence-corrected chi connectivity index (χ4v) is 4.66. The molecule has 140 valence electrons. The van der Waals surface area contributed by atoms with E-state index in [2.05, 4.69) is 67.6 Å². The summed E-state index contributed by atoms with van der Waals surface area (Å²) in [4.78, 5) is 0. The molecular weight excluding hydrogens is 454 g/mol.